The molecule has 112 valence electrons. The fourth-order valence-corrected chi connectivity index (χ4v) is 2.90. The topological polar surface area (TPSA) is 79.4 Å². The number of nitrogens with zero attached hydrogens (tertiary/aromatic N) is 4. The number of hydrogen-bond acceptors (Lipinski definition) is 6. The SMILES string of the molecule is c1ccc(-c2n[nH]c(CCNc3nc(C4CC4)ns3)n2)cc1. The van der Waals surface area contributed by atoms with Gasteiger partial charge in [-0.3, -0.25) is 5.10 Å². The Morgan fingerprint density at radius 3 is 2.86 bits per heavy atom. The summed E-state index contributed by atoms with van der Waals surface area (Å²) in [4.78, 5) is 9.02. The van der Waals surface area contributed by atoms with Crippen LogP contribution in [-0.4, -0.2) is 31.1 Å². The monoisotopic (exact) mass is 312 g/mol. The van der Waals surface area contributed by atoms with Gasteiger partial charge in [-0.05, 0) is 12.8 Å². The van der Waals surface area contributed by atoms with E-state index in [-0.39, 0.29) is 0 Å². The van der Waals surface area contributed by atoms with Crippen LogP contribution >= 0.6 is 11.5 Å². The highest BCUT2D eigenvalue weighted by Gasteiger charge is 2.27. The lowest BCUT2D eigenvalue weighted by molar-refractivity contribution is 0.896. The van der Waals surface area contributed by atoms with Gasteiger partial charge in [0.15, 0.2) is 5.82 Å². The Morgan fingerprint density at radius 1 is 1.18 bits per heavy atom. The maximum Gasteiger partial charge on any atom is 0.202 e. The summed E-state index contributed by atoms with van der Waals surface area (Å²) in [6, 6.07) is 9.97. The van der Waals surface area contributed by atoms with Crippen LogP contribution in [0, 0.1) is 0 Å². The molecule has 1 saturated carbocycles. The minimum Gasteiger partial charge on any atom is -0.360 e. The average molecular weight is 312 g/mol. The summed E-state index contributed by atoms with van der Waals surface area (Å²) in [7, 11) is 0. The molecule has 0 spiro atoms. The van der Waals surface area contributed by atoms with Crippen LogP contribution in [0.2, 0.25) is 0 Å². The second kappa shape index (κ2) is 5.84. The van der Waals surface area contributed by atoms with Crippen LogP contribution in [0.3, 0.4) is 0 Å². The zero-order valence-electron chi connectivity index (χ0n) is 12.0. The Labute approximate surface area is 132 Å². The van der Waals surface area contributed by atoms with Crippen LogP contribution in [0.1, 0.15) is 30.4 Å². The first-order valence-electron chi connectivity index (χ1n) is 7.42. The average Bonchev–Trinajstić information content (AvgIpc) is 3.11. The van der Waals surface area contributed by atoms with E-state index in [0.29, 0.717) is 5.92 Å². The van der Waals surface area contributed by atoms with Gasteiger partial charge in [-0.15, -0.1) is 0 Å². The summed E-state index contributed by atoms with van der Waals surface area (Å²) in [5, 5.41) is 11.4. The number of rotatable bonds is 6. The maximum absolute atomic E-state index is 4.52. The summed E-state index contributed by atoms with van der Waals surface area (Å²) >= 11 is 1.44. The van der Waals surface area contributed by atoms with Gasteiger partial charge in [0, 0.05) is 36.0 Å². The van der Waals surface area contributed by atoms with E-state index in [2.05, 4.69) is 29.9 Å². The molecular formula is C15H16N6S. The van der Waals surface area contributed by atoms with E-state index in [1.807, 2.05) is 30.3 Å². The summed E-state index contributed by atoms with van der Waals surface area (Å²) in [6.07, 6.45) is 3.24. The summed E-state index contributed by atoms with van der Waals surface area (Å²) in [6.45, 7) is 0.767. The first kappa shape index (κ1) is 13.4. The van der Waals surface area contributed by atoms with Gasteiger partial charge in [0.2, 0.25) is 5.13 Å². The molecule has 4 rings (SSSR count). The van der Waals surface area contributed by atoms with Gasteiger partial charge in [-0.2, -0.15) is 9.47 Å². The van der Waals surface area contributed by atoms with Gasteiger partial charge in [-0.1, -0.05) is 30.3 Å². The van der Waals surface area contributed by atoms with Crippen molar-refractivity contribution in [3.05, 3.63) is 42.0 Å². The number of aromatic amines is 1. The van der Waals surface area contributed by atoms with Gasteiger partial charge in [0.25, 0.3) is 0 Å². The highest BCUT2D eigenvalue weighted by atomic mass is 32.1. The van der Waals surface area contributed by atoms with Crippen LogP contribution in [0.15, 0.2) is 30.3 Å². The molecule has 2 heterocycles. The molecule has 0 aliphatic heterocycles. The Morgan fingerprint density at radius 2 is 2.05 bits per heavy atom. The van der Waals surface area contributed by atoms with Gasteiger partial charge < -0.3 is 5.32 Å². The third-order valence-corrected chi connectivity index (χ3v) is 4.27. The number of anilines is 1. The largest absolute Gasteiger partial charge is 0.360 e. The number of benzene rings is 1. The second-order valence-electron chi connectivity index (χ2n) is 5.38. The van der Waals surface area contributed by atoms with Crippen molar-refractivity contribution in [2.45, 2.75) is 25.2 Å². The lowest BCUT2D eigenvalue weighted by Gasteiger charge is -1.98. The van der Waals surface area contributed by atoms with Crippen molar-refractivity contribution in [1.29, 1.82) is 0 Å². The molecule has 0 amide bonds. The predicted molar refractivity (Wildman–Crippen MR) is 85.9 cm³/mol. The van der Waals surface area contributed by atoms with Crippen LogP contribution in [0.5, 0.6) is 0 Å². The molecule has 0 atom stereocenters. The third-order valence-electron chi connectivity index (χ3n) is 3.59. The fourth-order valence-electron chi connectivity index (χ4n) is 2.23. The summed E-state index contributed by atoms with van der Waals surface area (Å²) in [5.41, 5.74) is 1.02. The predicted octanol–water partition coefficient (Wildman–Crippen LogP) is 2.86. The smallest absolute Gasteiger partial charge is 0.202 e. The molecule has 1 aliphatic carbocycles. The van der Waals surface area contributed by atoms with Crippen molar-refractivity contribution in [2.24, 2.45) is 0 Å². The first-order valence-corrected chi connectivity index (χ1v) is 8.20. The van der Waals surface area contributed by atoms with E-state index >= 15 is 0 Å². The van der Waals surface area contributed by atoms with Crippen LogP contribution in [-0.2, 0) is 6.42 Å². The van der Waals surface area contributed by atoms with Gasteiger partial charge in [0.05, 0.1) is 0 Å². The van der Waals surface area contributed by atoms with Crippen LogP contribution < -0.4 is 5.32 Å². The molecular weight excluding hydrogens is 296 g/mol. The van der Waals surface area contributed by atoms with Crippen molar-refractivity contribution in [2.75, 3.05) is 11.9 Å². The molecule has 22 heavy (non-hydrogen) atoms. The highest BCUT2D eigenvalue weighted by molar-refractivity contribution is 7.09. The van der Waals surface area contributed by atoms with E-state index in [4.69, 9.17) is 0 Å². The Balaban J connectivity index is 1.33. The van der Waals surface area contributed by atoms with Crippen molar-refractivity contribution >= 4 is 16.7 Å². The lowest BCUT2D eigenvalue weighted by Crippen LogP contribution is -2.05. The molecule has 2 aromatic heterocycles. The molecule has 0 saturated heterocycles. The van der Waals surface area contributed by atoms with E-state index < -0.39 is 0 Å². The molecule has 1 aliphatic rings. The van der Waals surface area contributed by atoms with Crippen molar-refractivity contribution in [1.82, 2.24) is 24.5 Å². The maximum atomic E-state index is 4.52. The molecule has 7 heteroatoms. The molecule has 6 nitrogen and oxygen atoms in total. The van der Waals surface area contributed by atoms with Gasteiger partial charge in [0.1, 0.15) is 11.6 Å². The Hall–Kier alpha value is -2.28. The zero-order chi connectivity index (χ0) is 14.8. The number of H-pyrrole nitrogens is 1. The first-order chi connectivity index (χ1) is 10.9. The van der Waals surface area contributed by atoms with E-state index in [9.17, 15) is 0 Å². The molecule has 0 unspecified atom stereocenters. The fraction of sp³-hybridized carbons (Fsp3) is 0.333. The number of aromatic nitrogens is 5. The minimum absolute atomic E-state index is 0.606. The summed E-state index contributed by atoms with van der Waals surface area (Å²) in [5.74, 6) is 3.22. The minimum atomic E-state index is 0.606. The Kier molecular flexibility index (Phi) is 3.56. The van der Waals surface area contributed by atoms with E-state index in [0.717, 1.165) is 41.1 Å². The third kappa shape index (κ3) is 2.99. The molecule has 1 fully saturated rings. The number of hydrogen-bond donors (Lipinski definition) is 2. The van der Waals surface area contributed by atoms with Gasteiger partial charge >= 0.3 is 0 Å². The van der Waals surface area contributed by atoms with Crippen molar-refractivity contribution < 1.29 is 0 Å². The molecule has 0 radical (unpaired) electrons. The molecule has 0 bridgehead atoms. The second-order valence-corrected chi connectivity index (χ2v) is 6.13. The molecule has 1 aromatic carbocycles. The summed E-state index contributed by atoms with van der Waals surface area (Å²) < 4.78 is 4.38. The van der Waals surface area contributed by atoms with Crippen molar-refractivity contribution in [3.8, 4) is 11.4 Å². The Bertz CT molecular complexity index is 746. The number of nitrogens with one attached hydrogen (secondary N) is 2. The van der Waals surface area contributed by atoms with Crippen LogP contribution in [0.25, 0.3) is 11.4 Å². The van der Waals surface area contributed by atoms with Gasteiger partial charge in [-0.25, -0.2) is 9.97 Å². The zero-order valence-corrected chi connectivity index (χ0v) is 12.8. The van der Waals surface area contributed by atoms with Crippen LogP contribution in [0.4, 0.5) is 5.13 Å². The highest BCUT2D eigenvalue weighted by Crippen LogP contribution is 2.39. The van der Waals surface area contributed by atoms with E-state index in [1.165, 1.54) is 24.4 Å². The molecule has 2 N–H and O–H groups in total. The van der Waals surface area contributed by atoms with E-state index in [1.54, 1.807) is 0 Å². The van der Waals surface area contributed by atoms with Crippen molar-refractivity contribution in [3.63, 3.8) is 0 Å². The quantitative estimate of drug-likeness (QED) is 0.731. The lowest BCUT2D eigenvalue weighted by atomic mass is 10.2. The normalized spacial score (nSPS) is 14.2. The molecule has 3 aromatic rings. The standard InChI is InChI=1S/C15H16N6S/c1-2-4-10(5-3-1)13-17-12(19-20-13)8-9-16-15-18-14(21-22-15)11-6-7-11/h1-5,11H,6-9H2,(H,16,18,21)(H,17,19,20).